The number of anilines is 1. The highest BCUT2D eigenvalue weighted by atomic mass is 32.2. The van der Waals surface area contributed by atoms with Gasteiger partial charge in [0.05, 0.1) is 19.1 Å². The van der Waals surface area contributed by atoms with Gasteiger partial charge in [0.2, 0.25) is 18.4 Å². The first-order valence-electron chi connectivity index (χ1n) is 14.9. The molecule has 1 amide bonds. The number of nitrogens with one attached hydrogen (secondary N) is 1. The number of ether oxygens (including phenoxy) is 3. The Kier molecular flexibility index (Phi) is 10.0. The normalized spacial score (nSPS) is 19.2. The Morgan fingerprint density at radius 2 is 1.77 bits per heavy atom. The Hall–Kier alpha value is -3.76. The average Bonchev–Trinajstić information content (AvgIpc) is 3.64. The number of rotatable bonds is 12. The van der Waals surface area contributed by atoms with Gasteiger partial charge >= 0.3 is 5.97 Å². The molecular formula is C34H39FN2O6S. The molecule has 10 heteroatoms. The Morgan fingerprint density at radius 1 is 1.07 bits per heavy atom. The number of thioether (sulfide) groups is 1. The molecule has 0 aliphatic carbocycles. The third-order valence-electron chi connectivity index (χ3n) is 8.36. The summed E-state index contributed by atoms with van der Waals surface area (Å²) in [5.41, 5.74) is 5.30. The van der Waals surface area contributed by atoms with Gasteiger partial charge in [0.15, 0.2) is 11.6 Å². The van der Waals surface area contributed by atoms with Crippen molar-refractivity contribution >= 4 is 29.3 Å². The van der Waals surface area contributed by atoms with E-state index in [4.69, 9.17) is 14.2 Å². The lowest BCUT2D eigenvalue weighted by molar-refractivity contribution is -0.143. The fourth-order valence-corrected chi connectivity index (χ4v) is 6.61. The Balaban J connectivity index is 1.48. The molecule has 0 aromatic heterocycles. The molecule has 44 heavy (non-hydrogen) atoms. The fourth-order valence-electron chi connectivity index (χ4n) is 6.36. The van der Waals surface area contributed by atoms with Crippen LogP contribution in [0, 0.1) is 18.7 Å². The maximum atomic E-state index is 15.0. The SMILES string of the molecule is CCc1cc(C)cc(CC)c1NC(=O)CN1C[C@H](c2cc(F)c3c(c2)OCO3)C(C(=O)O)[C@@H]1c1ccc(OCCSC)cc1. The van der Waals surface area contributed by atoms with E-state index < -0.39 is 29.7 Å². The van der Waals surface area contributed by atoms with Gasteiger partial charge in [-0.05, 0) is 72.5 Å². The molecule has 2 N–H and O–H groups in total. The van der Waals surface area contributed by atoms with Gasteiger partial charge in [-0.3, -0.25) is 14.5 Å². The lowest BCUT2D eigenvalue weighted by atomic mass is 9.82. The van der Waals surface area contributed by atoms with Crippen LogP contribution in [0.2, 0.25) is 0 Å². The van der Waals surface area contributed by atoms with Gasteiger partial charge in [0.1, 0.15) is 5.75 Å². The van der Waals surface area contributed by atoms with Gasteiger partial charge in [0.25, 0.3) is 0 Å². The van der Waals surface area contributed by atoms with Crippen LogP contribution in [0.5, 0.6) is 17.2 Å². The van der Waals surface area contributed by atoms with Crippen LogP contribution in [-0.2, 0) is 22.4 Å². The van der Waals surface area contributed by atoms with Crippen LogP contribution in [0.3, 0.4) is 0 Å². The number of halogens is 1. The number of carbonyl (C=O) groups excluding carboxylic acids is 1. The molecule has 0 spiro atoms. The molecule has 8 nitrogen and oxygen atoms in total. The predicted molar refractivity (Wildman–Crippen MR) is 170 cm³/mol. The summed E-state index contributed by atoms with van der Waals surface area (Å²) in [7, 11) is 0. The zero-order valence-corrected chi connectivity index (χ0v) is 26.3. The maximum Gasteiger partial charge on any atom is 0.309 e. The number of aryl methyl sites for hydroxylation is 3. The molecule has 3 aromatic rings. The summed E-state index contributed by atoms with van der Waals surface area (Å²) in [6.07, 6.45) is 3.54. The molecule has 0 saturated carbocycles. The summed E-state index contributed by atoms with van der Waals surface area (Å²) in [6, 6.07) is 13.9. The van der Waals surface area contributed by atoms with Crippen LogP contribution in [0.4, 0.5) is 10.1 Å². The number of benzene rings is 3. The number of nitrogens with zero attached hydrogens (tertiary/aromatic N) is 1. The average molecular weight is 623 g/mol. The molecule has 3 aromatic carbocycles. The predicted octanol–water partition coefficient (Wildman–Crippen LogP) is 6.21. The van der Waals surface area contributed by atoms with Crippen molar-refractivity contribution in [1.82, 2.24) is 4.90 Å². The molecule has 5 rings (SSSR count). The first-order valence-corrected chi connectivity index (χ1v) is 16.3. The molecular weight excluding hydrogens is 583 g/mol. The van der Waals surface area contributed by atoms with Gasteiger partial charge in [0, 0.05) is 29.9 Å². The second-order valence-electron chi connectivity index (χ2n) is 11.2. The molecule has 1 saturated heterocycles. The van der Waals surface area contributed by atoms with E-state index in [1.165, 1.54) is 6.07 Å². The number of hydrogen-bond donors (Lipinski definition) is 2. The lowest BCUT2D eigenvalue weighted by Crippen LogP contribution is -2.35. The number of carboxylic acid groups (broad SMARTS) is 1. The summed E-state index contributed by atoms with van der Waals surface area (Å²) in [6.45, 7) is 6.82. The van der Waals surface area contributed by atoms with Crippen LogP contribution in [0.25, 0.3) is 0 Å². The first kappa shape index (κ1) is 31.7. The quantitative estimate of drug-likeness (QED) is 0.230. The Morgan fingerprint density at radius 3 is 2.41 bits per heavy atom. The summed E-state index contributed by atoms with van der Waals surface area (Å²) in [4.78, 5) is 28.5. The van der Waals surface area contributed by atoms with E-state index in [2.05, 4.69) is 31.3 Å². The molecule has 1 fully saturated rings. The van der Waals surface area contributed by atoms with Crippen molar-refractivity contribution in [3.05, 3.63) is 82.2 Å². The minimum Gasteiger partial charge on any atom is -0.493 e. The molecule has 2 aliphatic rings. The Bertz CT molecular complexity index is 1490. The van der Waals surface area contributed by atoms with E-state index in [0.717, 1.165) is 46.5 Å². The van der Waals surface area contributed by atoms with Crippen LogP contribution in [0.15, 0.2) is 48.5 Å². The summed E-state index contributed by atoms with van der Waals surface area (Å²) >= 11 is 1.69. The molecule has 0 bridgehead atoms. The van der Waals surface area contributed by atoms with Gasteiger partial charge in [-0.1, -0.05) is 43.7 Å². The van der Waals surface area contributed by atoms with Crippen molar-refractivity contribution < 1.29 is 33.3 Å². The smallest absolute Gasteiger partial charge is 0.309 e. The molecule has 3 atom stereocenters. The van der Waals surface area contributed by atoms with Gasteiger partial charge in [-0.2, -0.15) is 11.8 Å². The molecule has 234 valence electrons. The van der Waals surface area contributed by atoms with Crippen molar-refractivity contribution in [1.29, 1.82) is 0 Å². The first-order chi connectivity index (χ1) is 21.2. The number of hydrogen-bond acceptors (Lipinski definition) is 7. The number of likely N-dealkylation sites (tertiary alicyclic amines) is 1. The zero-order chi connectivity index (χ0) is 31.4. The third kappa shape index (κ3) is 6.66. The highest BCUT2D eigenvalue weighted by molar-refractivity contribution is 7.98. The second-order valence-corrected chi connectivity index (χ2v) is 12.2. The summed E-state index contributed by atoms with van der Waals surface area (Å²) in [5, 5.41) is 13.7. The van der Waals surface area contributed by atoms with Gasteiger partial charge in [-0.15, -0.1) is 0 Å². The highest BCUT2D eigenvalue weighted by Gasteiger charge is 2.48. The van der Waals surface area contributed by atoms with Crippen LogP contribution < -0.4 is 19.5 Å². The van der Waals surface area contributed by atoms with Crippen LogP contribution in [0.1, 0.15) is 53.6 Å². The van der Waals surface area contributed by atoms with E-state index >= 15 is 4.39 Å². The van der Waals surface area contributed by atoms with Gasteiger partial charge < -0.3 is 24.6 Å². The molecule has 0 radical (unpaired) electrons. The van der Waals surface area contributed by atoms with Crippen molar-refractivity contribution in [2.45, 2.75) is 45.6 Å². The topological polar surface area (TPSA) is 97.3 Å². The maximum absolute atomic E-state index is 15.0. The van der Waals surface area contributed by atoms with Crippen molar-refractivity contribution in [2.75, 3.05) is 43.8 Å². The number of aliphatic carboxylic acids is 1. The number of amides is 1. The lowest BCUT2D eigenvalue weighted by Gasteiger charge is -2.27. The van der Waals surface area contributed by atoms with Crippen LogP contribution in [-0.4, -0.2) is 60.4 Å². The monoisotopic (exact) mass is 622 g/mol. The highest BCUT2D eigenvalue weighted by Crippen LogP contribution is 2.48. The van der Waals surface area contributed by atoms with E-state index in [0.29, 0.717) is 17.9 Å². The largest absolute Gasteiger partial charge is 0.493 e. The van der Waals surface area contributed by atoms with Crippen molar-refractivity contribution in [3.8, 4) is 17.2 Å². The van der Waals surface area contributed by atoms with Gasteiger partial charge in [-0.25, -0.2) is 4.39 Å². The summed E-state index contributed by atoms with van der Waals surface area (Å²) in [5.74, 6) is -1.61. The van der Waals surface area contributed by atoms with E-state index in [9.17, 15) is 14.7 Å². The van der Waals surface area contributed by atoms with E-state index in [-0.39, 0.29) is 37.3 Å². The van der Waals surface area contributed by atoms with E-state index in [1.54, 1.807) is 17.8 Å². The number of fused-ring (bicyclic) bond motifs is 1. The minimum absolute atomic E-state index is 0.0278. The van der Waals surface area contributed by atoms with Crippen molar-refractivity contribution in [2.24, 2.45) is 5.92 Å². The molecule has 2 heterocycles. The fraction of sp³-hybridized carbons (Fsp3) is 0.412. The van der Waals surface area contributed by atoms with Crippen LogP contribution >= 0.6 is 11.8 Å². The molecule has 1 unspecified atom stereocenters. The molecule has 2 aliphatic heterocycles. The Labute approximate surface area is 261 Å². The number of carbonyl (C=O) groups is 2. The van der Waals surface area contributed by atoms with Crippen molar-refractivity contribution in [3.63, 3.8) is 0 Å². The third-order valence-corrected chi connectivity index (χ3v) is 8.93. The zero-order valence-electron chi connectivity index (χ0n) is 25.5. The summed E-state index contributed by atoms with van der Waals surface area (Å²) < 4.78 is 31.5. The second kappa shape index (κ2) is 13.9. The number of carboxylic acids is 1. The minimum atomic E-state index is -1.03. The van der Waals surface area contributed by atoms with E-state index in [1.807, 2.05) is 42.3 Å². The standard InChI is InChI=1S/C34H39FN2O6S/c1-5-21-13-20(3)14-22(6-2)31(21)36-29(38)18-37-17-26(24-15-27(35)33-28(16-24)42-19-43-33)30(34(39)40)32(37)23-7-9-25(10-8-23)41-11-12-44-4/h7-10,13-16,26,30,32H,5-6,11-12,17-19H2,1-4H3,(H,36,38)(H,39,40)/t26-,30?,32+/m1/s1.